The molecule has 0 aliphatic carbocycles. The number of rotatable bonds is 13. The number of amides is 3. The number of para-hydroxylation sites is 1. The van der Waals surface area contributed by atoms with E-state index in [9.17, 15) is 14.4 Å². The van der Waals surface area contributed by atoms with Crippen LogP contribution in [-0.2, 0) is 14.3 Å². The third-order valence-electron chi connectivity index (χ3n) is 7.65. The molecule has 4 rings (SSSR count). The molecule has 216 valence electrons. The zero-order valence-corrected chi connectivity index (χ0v) is 23.8. The third kappa shape index (κ3) is 6.94. The molecule has 2 aliphatic heterocycles. The fraction of sp³-hybridized carbons (Fsp3) is 0.516. The average molecular weight is 551 g/mol. The van der Waals surface area contributed by atoms with Gasteiger partial charge in [-0.3, -0.25) is 14.4 Å². The predicted molar refractivity (Wildman–Crippen MR) is 154 cm³/mol. The highest BCUT2D eigenvalue weighted by Crippen LogP contribution is 2.39. The fourth-order valence-electron chi connectivity index (χ4n) is 5.39. The van der Waals surface area contributed by atoms with E-state index in [0.717, 1.165) is 30.7 Å². The monoisotopic (exact) mass is 550 g/mol. The van der Waals surface area contributed by atoms with Gasteiger partial charge in [0.05, 0.1) is 13.3 Å². The van der Waals surface area contributed by atoms with Crippen molar-refractivity contribution in [2.24, 2.45) is 0 Å². The molecule has 2 aromatic carbocycles. The smallest absolute Gasteiger partial charge is 0.253 e. The summed E-state index contributed by atoms with van der Waals surface area (Å²) in [5, 5.41) is 2.90. The van der Waals surface area contributed by atoms with Gasteiger partial charge in [-0.25, -0.2) is 0 Å². The number of carbonyl (C=O) groups is 3. The van der Waals surface area contributed by atoms with Crippen molar-refractivity contribution in [1.29, 1.82) is 0 Å². The number of nitrogens with one attached hydrogen (secondary N) is 1. The highest BCUT2D eigenvalue weighted by Gasteiger charge is 2.54. The maximum Gasteiger partial charge on any atom is 0.253 e. The third-order valence-corrected chi connectivity index (χ3v) is 7.65. The predicted octanol–water partition coefficient (Wildman–Crippen LogP) is 3.69. The molecule has 2 fully saturated rings. The van der Waals surface area contributed by atoms with Crippen molar-refractivity contribution in [3.63, 3.8) is 0 Å². The van der Waals surface area contributed by atoms with Gasteiger partial charge >= 0.3 is 0 Å². The van der Waals surface area contributed by atoms with Crippen LogP contribution in [0.4, 0.5) is 5.69 Å². The number of piperidine rings is 1. The topological polar surface area (TPSA) is 91.4 Å². The van der Waals surface area contributed by atoms with E-state index in [0.29, 0.717) is 64.5 Å². The molecule has 40 heavy (non-hydrogen) atoms. The van der Waals surface area contributed by atoms with Crippen LogP contribution in [0.1, 0.15) is 56.3 Å². The van der Waals surface area contributed by atoms with Crippen LogP contribution in [0.15, 0.2) is 54.6 Å². The van der Waals surface area contributed by atoms with Crippen molar-refractivity contribution in [2.45, 2.75) is 51.5 Å². The number of ether oxygens (including phenoxy) is 2. The molecule has 2 saturated heterocycles. The molecule has 0 bridgehead atoms. The first-order chi connectivity index (χ1) is 19.5. The van der Waals surface area contributed by atoms with E-state index < -0.39 is 5.54 Å². The van der Waals surface area contributed by atoms with Crippen molar-refractivity contribution in [3.8, 4) is 5.75 Å². The highest BCUT2D eigenvalue weighted by molar-refractivity contribution is 5.97. The van der Waals surface area contributed by atoms with Gasteiger partial charge in [-0.05, 0) is 69.0 Å². The van der Waals surface area contributed by atoms with Gasteiger partial charge in [0.15, 0.2) is 0 Å². The van der Waals surface area contributed by atoms with E-state index in [1.807, 2.05) is 54.3 Å². The Labute approximate surface area is 237 Å². The summed E-state index contributed by atoms with van der Waals surface area (Å²) in [4.78, 5) is 45.4. The van der Waals surface area contributed by atoms with Gasteiger partial charge in [0.25, 0.3) is 11.8 Å². The Kier molecular flexibility index (Phi) is 10.4. The number of hydrogen-bond donors (Lipinski definition) is 1. The number of carbonyl (C=O) groups excluding carboxylic acids is 3. The molecule has 1 N–H and O–H groups in total. The van der Waals surface area contributed by atoms with E-state index in [-0.39, 0.29) is 24.3 Å². The summed E-state index contributed by atoms with van der Waals surface area (Å²) in [6, 6.07) is 17.1. The molecule has 3 amide bonds. The van der Waals surface area contributed by atoms with Gasteiger partial charge < -0.3 is 29.5 Å². The molecule has 1 spiro atoms. The molecule has 0 unspecified atom stereocenters. The lowest BCUT2D eigenvalue weighted by Crippen LogP contribution is -2.57. The first kappa shape index (κ1) is 29.4. The number of anilines is 1. The highest BCUT2D eigenvalue weighted by atomic mass is 16.5. The lowest BCUT2D eigenvalue weighted by atomic mass is 9.85. The first-order valence-corrected chi connectivity index (χ1v) is 14.5. The van der Waals surface area contributed by atoms with Gasteiger partial charge in [-0.1, -0.05) is 31.5 Å². The van der Waals surface area contributed by atoms with Crippen molar-refractivity contribution in [2.75, 3.05) is 57.6 Å². The van der Waals surface area contributed by atoms with E-state index in [1.165, 1.54) is 0 Å². The molecule has 0 saturated carbocycles. The standard InChI is InChI=1S/C31H42N4O5/c1-3-5-22-40-27-14-12-25(13-15-27)29(37)33-19-16-31(17-20-33)30(38)34(23-28(36)32-18-9-21-39-4-2)24-35(31)26-10-7-6-8-11-26/h6-8,10-15H,3-5,9,16-24H2,1-2H3,(H,32,36). The number of nitrogens with zero attached hydrogens (tertiary/aromatic N) is 3. The van der Waals surface area contributed by atoms with Crippen molar-refractivity contribution in [1.82, 2.24) is 15.1 Å². The second-order valence-electron chi connectivity index (χ2n) is 10.4. The van der Waals surface area contributed by atoms with E-state index >= 15 is 0 Å². The average Bonchev–Trinajstić information content (AvgIpc) is 3.24. The zero-order chi connectivity index (χ0) is 28.4. The molecular formula is C31H42N4O5. The van der Waals surface area contributed by atoms with Crippen LogP contribution in [0, 0.1) is 0 Å². The van der Waals surface area contributed by atoms with Crippen LogP contribution in [0.2, 0.25) is 0 Å². The van der Waals surface area contributed by atoms with Gasteiger partial charge in [0.2, 0.25) is 5.91 Å². The quantitative estimate of drug-likeness (QED) is 0.383. The second-order valence-corrected chi connectivity index (χ2v) is 10.4. The largest absolute Gasteiger partial charge is 0.494 e. The molecular weight excluding hydrogens is 508 g/mol. The Morgan fingerprint density at radius 3 is 2.35 bits per heavy atom. The minimum atomic E-state index is -0.787. The Hall–Kier alpha value is -3.59. The zero-order valence-electron chi connectivity index (χ0n) is 23.8. The van der Waals surface area contributed by atoms with Crippen molar-refractivity contribution >= 4 is 23.4 Å². The molecule has 9 nitrogen and oxygen atoms in total. The van der Waals surface area contributed by atoms with Gasteiger partial charge in [-0.2, -0.15) is 0 Å². The summed E-state index contributed by atoms with van der Waals surface area (Å²) in [5.41, 5.74) is 0.762. The molecule has 2 heterocycles. The number of benzene rings is 2. The van der Waals surface area contributed by atoms with E-state index in [2.05, 4.69) is 17.1 Å². The Balaban J connectivity index is 1.41. The lowest BCUT2D eigenvalue weighted by Gasteiger charge is -2.43. The Bertz CT molecular complexity index is 1120. The summed E-state index contributed by atoms with van der Waals surface area (Å²) in [7, 11) is 0. The van der Waals surface area contributed by atoms with Crippen LogP contribution < -0.4 is 15.0 Å². The molecule has 0 aromatic heterocycles. The summed E-state index contributed by atoms with van der Waals surface area (Å²) in [6.45, 7) is 7.74. The van der Waals surface area contributed by atoms with Crippen LogP contribution in [0.3, 0.4) is 0 Å². The summed E-state index contributed by atoms with van der Waals surface area (Å²) in [5.74, 6) is 0.483. The Morgan fingerprint density at radius 1 is 0.950 bits per heavy atom. The normalized spacial score (nSPS) is 16.4. The number of unbranched alkanes of at least 4 members (excludes halogenated alkanes) is 1. The summed E-state index contributed by atoms with van der Waals surface area (Å²) < 4.78 is 11.0. The first-order valence-electron chi connectivity index (χ1n) is 14.5. The summed E-state index contributed by atoms with van der Waals surface area (Å²) >= 11 is 0. The number of likely N-dealkylation sites (tertiary alicyclic amines) is 1. The molecule has 9 heteroatoms. The van der Waals surface area contributed by atoms with Crippen molar-refractivity contribution < 1.29 is 23.9 Å². The maximum atomic E-state index is 13.9. The van der Waals surface area contributed by atoms with Gasteiger partial charge in [-0.15, -0.1) is 0 Å². The fourth-order valence-corrected chi connectivity index (χ4v) is 5.39. The lowest BCUT2D eigenvalue weighted by molar-refractivity contribution is -0.137. The maximum absolute atomic E-state index is 13.9. The van der Waals surface area contributed by atoms with E-state index in [4.69, 9.17) is 9.47 Å². The van der Waals surface area contributed by atoms with Crippen LogP contribution in [0.5, 0.6) is 5.75 Å². The van der Waals surface area contributed by atoms with E-state index in [1.54, 1.807) is 17.0 Å². The summed E-state index contributed by atoms with van der Waals surface area (Å²) in [6.07, 6.45) is 3.78. The molecule has 0 atom stereocenters. The number of hydrogen-bond acceptors (Lipinski definition) is 6. The van der Waals surface area contributed by atoms with Crippen LogP contribution in [-0.4, -0.2) is 85.7 Å². The molecule has 2 aliphatic rings. The SMILES string of the molecule is CCCCOc1ccc(C(=O)N2CCC3(CC2)C(=O)N(CC(=O)NCCCOCC)CN3c2ccccc2)cc1. The Morgan fingerprint density at radius 2 is 1.68 bits per heavy atom. The van der Waals surface area contributed by atoms with Crippen LogP contribution >= 0.6 is 0 Å². The van der Waals surface area contributed by atoms with Gasteiger partial charge in [0.1, 0.15) is 17.8 Å². The second kappa shape index (κ2) is 14.2. The van der Waals surface area contributed by atoms with Crippen LogP contribution in [0.25, 0.3) is 0 Å². The molecule has 2 aromatic rings. The minimum absolute atomic E-state index is 0.00781. The van der Waals surface area contributed by atoms with Crippen molar-refractivity contribution in [3.05, 3.63) is 60.2 Å². The minimum Gasteiger partial charge on any atom is -0.494 e. The molecule has 0 radical (unpaired) electrons. The van der Waals surface area contributed by atoms with Gasteiger partial charge in [0, 0.05) is 44.1 Å².